The maximum Gasteiger partial charge on any atom is 0.228 e. The minimum atomic E-state index is 0.519. The molecule has 0 unspecified atom stereocenters. The van der Waals surface area contributed by atoms with Crippen molar-refractivity contribution in [2.24, 2.45) is 15.7 Å². The highest BCUT2D eigenvalue weighted by atomic mass is 35.5. The van der Waals surface area contributed by atoms with Gasteiger partial charge in [0.25, 0.3) is 0 Å². The lowest BCUT2D eigenvalue weighted by molar-refractivity contribution is 0.387. The van der Waals surface area contributed by atoms with Crippen LogP contribution in [0, 0.1) is 6.92 Å². The molecule has 0 bridgehead atoms. The van der Waals surface area contributed by atoms with Gasteiger partial charge in [0.05, 0.1) is 29.1 Å². The molecule has 8 heteroatoms. The number of aliphatic imine (C=N–C) groups is 2. The van der Waals surface area contributed by atoms with Gasteiger partial charge in [0.15, 0.2) is 0 Å². The number of hydrogen-bond acceptors (Lipinski definition) is 6. The number of nitrogens with one attached hydrogen (secondary N) is 1. The minimum Gasteiger partial charge on any atom is -0.480 e. The van der Waals surface area contributed by atoms with Crippen molar-refractivity contribution in [2.45, 2.75) is 11.8 Å². The van der Waals surface area contributed by atoms with Gasteiger partial charge in [-0.15, -0.1) is 0 Å². The summed E-state index contributed by atoms with van der Waals surface area (Å²) in [5.41, 5.74) is 11.4. The Kier molecular flexibility index (Phi) is 7.32. The summed E-state index contributed by atoms with van der Waals surface area (Å²) < 4.78 is 8.70. The average Bonchev–Trinajstić information content (AvgIpc) is 2.75. The first-order valence-electron chi connectivity index (χ1n) is 9.10. The molecule has 154 valence electrons. The molecule has 3 N–H and O–H groups in total. The summed E-state index contributed by atoms with van der Waals surface area (Å²) in [5.74, 6) is 0.519. The van der Waals surface area contributed by atoms with E-state index in [1.165, 1.54) is 18.3 Å². The average molecular weight is 440 g/mol. The fourth-order valence-electron chi connectivity index (χ4n) is 2.97. The zero-order valence-electron chi connectivity index (χ0n) is 16.9. The molecule has 0 saturated heterocycles. The minimum absolute atomic E-state index is 0.519. The number of hydrogen-bond donors (Lipinski definition) is 2. The van der Waals surface area contributed by atoms with Crippen molar-refractivity contribution in [2.75, 3.05) is 18.9 Å². The van der Waals surface area contributed by atoms with E-state index in [1.54, 1.807) is 26.6 Å². The fourth-order valence-corrected chi connectivity index (χ4v) is 4.04. The van der Waals surface area contributed by atoms with Crippen molar-refractivity contribution in [3.63, 3.8) is 0 Å². The first-order valence-corrected chi connectivity index (χ1v) is 10.3. The van der Waals surface area contributed by atoms with E-state index in [9.17, 15) is 0 Å². The van der Waals surface area contributed by atoms with Gasteiger partial charge in [0.1, 0.15) is 0 Å². The Hall–Kier alpha value is -3.03. The van der Waals surface area contributed by atoms with Crippen LogP contribution in [-0.4, -0.2) is 31.7 Å². The smallest absolute Gasteiger partial charge is 0.228 e. The highest BCUT2D eigenvalue weighted by molar-refractivity contribution is 8.00. The van der Waals surface area contributed by atoms with E-state index in [2.05, 4.69) is 38.7 Å². The maximum absolute atomic E-state index is 6.08. The number of anilines is 1. The number of nitrogens with two attached hydrogens (primary N) is 1. The summed E-state index contributed by atoms with van der Waals surface area (Å²) in [5, 5.41) is 0.552. The summed E-state index contributed by atoms with van der Waals surface area (Å²) in [4.78, 5) is 13.3. The molecule has 1 aromatic heterocycles. The Labute approximate surface area is 185 Å². The molecular formula is C22H22ClN5OS. The summed E-state index contributed by atoms with van der Waals surface area (Å²) >= 11 is 7.48. The molecule has 1 heterocycles. The van der Waals surface area contributed by atoms with Gasteiger partial charge in [-0.1, -0.05) is 29.8 Å². The van der Waals surface area contributed by atoms with Crippen molar-refractivity contribution in [3.05, 3.63) is 64.8 Å². The number of halogens is 1. The second-order valence-corrected chi connectivity index (χ2v) is 7.57. The largest absolute Gasteiger partial charge is 0.480 e. The van der Waals surface area contributed by atoms with Crippen LogP contribution in [-0.2, 0) is 0 Å². The van der Waals surface area contributed by atoms with Gasteiger partial charge in [-0.3, -0.25) is 4.99 Å². The van der Waals surface area contributed by atoms with Gasteiger partial charge in [-0.05, 0) is 59.8 Å². The Balaban J connectivity index is 1.92. The number of rotatable bonds is 7. The lowest BCUT2D eigenvalue weighted by Crippen LogP contribution is -1.96. The Morgan fingerprint density at radius 3 is 2.80 bits per heavy atom. The van der Waals surface area contributed by atoms with Crippen LogP contribution in [0.25, 0.3) is 11.1 Å². The Morgan fingerprint density at radius 2 is 2.07 bits per heavy atom. The van der Waals surface area contributed by atoms with Crippen molar-refractivity contribution in [3.8, 4) is 17.0 Å². The molecule has 0 atom stereocenters. The Morgan fingerprint density at radius 1 is 1.23 bits per heavy atom. The molecule has 0 fully saturated rings. The molecule has 0 spiro atoms. The standard InChI is InChI=1S/C22H22ClN5OS/c1-14-18(15-7-8-20(27-13-24)16(9-15)11-25-2)5-4-6-19(14)28-30-21-10-17(23)12-26-22(21)29-3/h4-13,28H,1-3H3,(H2,24,27). The van der Waals surface area contributed by atoms with Gasteiger partial charge in [-0.25, -0.2) is 9.98 Å². The molecule has 0 aliphatic carbocycles. The number of pyridine rings is 1. The van der Waals surface area contributed by atoms with Crippen LogP contribution in [0.4, 0.5) is 11.4 Å². The molecule has 0 aliphatic rings. The van der Waals surface area contributed by atoms with Gasteiger partial charge in [0, 0.05) is 30.7 Å². The predicted octanol–water partition coefficient (Wildman–Crippen LogP) is 5.51. The second-order valence-electron chi connectivity index (χ2n) is 6.28. The van der Waals surface area contributed by atoms with E-state index in [4.69, 9.17) is 22.1 Å². The van der Waals surface area contributed by atoms with Gasteiger partial charge in [-0.2, -0.15) is 0 Å². The second kappa shape index (κ2) is 10.1. The van der Waals surface area contributed by atoms with E-state index >= 15 is 0 Å². The van der Waals surface area contributed by atoms with E-state index in [1.807, 2.05) is 30.3 Å². The molecule has 0 saturated carbocycles. The number of methoxy groups -OCH3 is 1. The molecule has 30 heavy (non-hydrogen) atoms. The number of ether oxygens (including phenoxy) is 1. The zero-order valence-corrected chi connectivity index (χ0v) is 18.5. The third-order valence-corrected chi connectivity index (χ3v) is 5.44. The molecule has 6 nitrogen and oxygen atoms in total. The lowest BCUT2D eigenvalue weighted by Gasteiger charge is -2.14. The SMILES string of the molecule is CN=Cc1cc(-c2cccc(NSc3cc(Cl)cnc3OC)c2C)ccc1N=CN. The van der Waals surface area contributed by atoms with Crippen molar-refractivity contribution < 1.29 is 4.74 Å². The Bertz CT molecular complexity index is 1100. The van der Waals surface area contributed by atoms with Crippen LogP contribution in [0.15, 0.2) is 63.5 Å². The van der Waals surface area contributed by atoms with Crippen molar-refractivity contribution in [1.29, 1.82) is 0 Å². The van der Waals surface area contributed by atoms with E-state index in [0.717, 1.165) is 38.5 Å². The highest BCUT2D eigenvalue weighted by Gasteiger charge is 2.11. The molecule has 2 aromatic carbocycles. The van der Waals surface area contributed by atoms with Crippen molar-refractivity contribution in [1.82, 2.24) is 4.98 Å². The van der Waals surface area contributed by atoms with Crippen LogP contribution < -0.4 is 15.2 Å². The monoisotopic (exact) mass is 439 g/mol. The molecule has 0 aliphatic heterocycles. The molecule has 3 aromatic rings. The van der Waals surface area contributed by atoms with Crippen LogP contribution in [0.1, 0.15) is 11.1 Å². The first-order chi connectivity index (χ1) is 14.6. The van der Waals surface area contributed by atoms with Gasteiger partial charge >= 0.3 is 0 Å². The summed E-state index contributed by atoms with van der Waals surface area (Å²) in [6, 6.07) is 14.0. The third-order valence-electron chi connectivity index (χ3n) is 4.40. The molecular weight excluding hydrogens is 418 g/mol. The third kappa shape index (κ3) is 4.93. The maximum atomic E-state index is 6.08. The summed E-state index contributed by atoms with van der Waals surface area (Å²) in [6.45, 7) is 2.07. The van der Waals surface area contributed by atoms with E-state index in [0.29, 0.717) is 10.9 Å². The number of benzene rings is 2. The lowest BCUT2D eigenvalue weighted by atomic mass is 9.97. The van der Waals surface area contributed by atoms with E-state index in [-0.39, 0.29) is 0 Å². The van der Waals surface area contributed by atoms with E-state index < -0.39 is 0 Å². The molecule has 0 radical (unpaired) electrons. The predicted molar refractivity (Wildman–Crippen MR) is 128 cm³/mol. The van der Waals surface area contributed by atoms with Crippen LogP contribution >= 0.6 is 23.5 Å². The highest BCUT2D eigenvalue weighted by Crippen LogP contribution is 2.35. The van der Waals surface area contributed by atoms with Crippen molar-refractivity contribution >= 4 is 47.5 Å². The van der Waals surface area contributed by atoms with Crippen LogP contribution in [0.5, 0.6) is 5.88 Å². The summed E-state index contributed by atoms with van der Waals surface area (Å²) in [6.07, 6.45) is 4.62. The van der Waals surface area contributed by atoms with Crippen LogP contribution in [0.2, 0.25) is 5.02 Å². The van der Waals surface area contributed by atoms with Gasteiger partial charge in [0.2, 0.25) is 5.88 Å². The quantitative estimate of drug-likeness (QED) is 0.288. The topological polar surface area (TPSA) is 84.9 Å². The number of nitrogens with zero attached hydrogens (tertiary/aromatic N) is 3. The first kappa shape index (κ1) is 21.7. The summed E-state index contributed by atoms with van der Waals surface area (Å²) in [7, 11) is 3.32. The van der Waals surface area contributed by atoms with Crippen LogP contribution in [0.3, 0.4) is 0 Å². The molecule has 3 rings (SSSR count). The normalized spacial score (nSPS) is 11.3. The van der Waals surface area contributed by atoms with Gasteiger partial charge < -0.3 is 15.2 Å². The fraction of sp³-hybridized carbons (Fsp3) is 0.136. The number of aromatic nitrogens is 1. The zero-order chi connectivity index (χ0) is 21.5. The molecule has 0 amide bonds.